The Morgan fingerprint density at radius 3 is 2.39 bits per heavy atom. The Labute approximate surface area is 204 Å². The summed E-state index contributed by atoms with van der Waals surface area (Å²) in [5.74, 6) is -8.78. The van der Waals surface area contributed by atoms with Crippen molar-refractivity contribution in [3.05, 3.63) is 94.8 Å². The molecule has 1 aliphatic heterocycles. The van der Waals surface area contributed by atoms with E-state index < -0.39 is 53.1 Å². The number of nitrogens with one attached hydrogen (secondary N) is 1. The summed E-state index contributed by atoms with van der Waals surface area (Å²) in [5.41, 5.74) is -0.552. The van der Waals surface area contributed by atoms with Crippen LogP contribution in [-0.4, -0.2) is 40.8 Å². The molecule has 36 heavy (non-hydrogen) atoms. The van der Waals surface area contributed by atoms with Gasteiger partial charge in [-0.1, -0.05) is 0 Å². The van der Waals surface area contributed by atoms with E-state index in [-0.39, 0.29) is 18.9 Å². The summed E-state index contributed by atoms with van der Waals surface area (Å²) in [7, 11) is 0. The lowest BCUT2D eigenvalue weighted by Gasteiger charge is -2.40. The number of pyridine rings is 2. The molecule has 2 atom stereocenters. The second kappa shape index (κ2) is 9.81. The minimum Gasteiger partial charge on any atom is -0.619 e. The fourth-order valence-electron chi connectivity index (χ4n) is 4.16. The Hall–Kier alpha value is -3.60. The number of piperidine rings is 1. The molecule has 4 rings (SSSR count). The number of hydrogen-bond donors (Lipinski definition) is 1. The zero-order chi connectivity index (χ0) is 26.1. The molecule has 3 heterocycles. The molecule has 190 valence electrons. The van der Waals surface area contributed by atoms with Crippen LogP contribution in [0.15, 0.2) is 67.1 Å². The second-order valence-electron chi connectivity index (χ2n) is 8.73. The van der Waals surface area contributed by atoms with E-state index in [2.05, 4.69) is 10.3 Å². The smallest absolute Gasteiger partial charge is 0.299 e. The molecule has 1 fully saturated rings. The molecule has 1 amide bonds. The van der Waals surface area contributed by atoms with Crippen LogP contribution < -0.4 is 10.0 Å². The average Bonchev–Trinajstić information content (AvgIpc) is 2.85. The van der Waals surface area contributed by atoms with Crippen molar-refractivity contribution in [3.63, 3.8) is 0 Å². The fraction of sp³-hybridized carbons (Fsp3) is 0.320. The van der Waals surface area contributed by atoms with Crippen molar-refractivity contribution in [2.75, 3.05) is 18.4 Å². The van der Waals surface area contributed by atoms with Gasteiger partial charge in [0.05, 0.1) is 12.0 Å². The highest BCUT2D eigenvalue weighted by Crippen LogP contribution is 2.40. The van der Waals surface area contributed by atoms with Crippen LogP contribution in [-0.2, 0) is 10.7 Å². The van der Waals surface area contributed by atoms with Crippen molar-refractivity contribution in [1.82, 2.24) is 9.88 Å². The summed E-state index contributed by atoms with van der Waals surface area (Å²) in [5, 5.41) is 13.8. The van der Waals surface area contributed by atoms with Gasteiger partial charge >= 0.3 is 0 Å². The van der Waals surface area contributed by atoms with Crippen molar-refractivity contribution >= 4 is 11.7 Å². The summed E-state index contributed by atoms with van der Waals surface area (Å²) in [6, 6.07) is 8.03. The molecule has 1 N–H and O–H groups in total. The van der Waals surface area contributed by atoms with E-state index in [0.29, 0.717) is 10.3 Å². The number of carbonyl (C=O) groups is 1. The van der Waals surface area contributed by atoms with Gasteiger partial charge in [-0.15, -0.1) is 0 Å². The van der Waals surface area contributed by atoms with Crippen molar-refractivity contribution < 1.29 is 31.5 Å². The summed E-state index contributed by atoms with van der Waals surface area (Å²) in [6.45, 7) is 1.42. The van der Waals surface area contributed by atoms with Gasteiger partial charge in [-0.05, 0) is 48.9 Å². The number of nitrogens with zero attached hydrogens (tertiary/aromatic N) is 3. The zero-order valence-electron chi connectivity index (χ0n) is 19.2. The lowest BCUT2D eigenvalue weighted by atomic mass is 9.87. The SMILES string of the molecule is CC(C(=O)Nc1ccc(C(F)(F)c2ccc(F)cc2)cn1)N1CCC(F)(F)[C@@H](c2cc[n+]([O-])cc2)C1. The third-order valence-electron chi connectivity index (χ3n) is 6.40. The molecule has 0 spiro atoms. The predicted octanol–water partition coefficient (Wildman–Crippen LogP) is 4.45. The van der Waals surface area contributed by atoms with E-state index in [9.17, 15) is 32.0 Å². The number of amides is 1. The maximum absolute atomic E-state index is 14.7. The van der Waals surface area contributed by atoms with Gasteiger partial charge in [0, 0.05) is 49.0 Å². The van der Waals surface area contributed by atoms with Crippen LogP contribution in [0.5, 0.6) is 0 Å². The van der Waals surface area contributed by atoms with Gasteiger partial charge in [0.1, 0.15) is 11.6 Å². The summed E-state index contributed by atoms with van der Waals surface area (Å²) < 4.78 is 72.2. The number of aromatic nitrogens is 2. The van der Waals surface area contributed by atoms with Gasteiger partial charge in [-0.2, -0.15) is 13.5 Å². The molecule has 6 nitrogen and oxygen atoms in total. The molecule has 0 radical (unpaired) electrons. The standard InChI is InChI=1S/C25H23F5N4O2/c1-16(33-13-10-24(27,28)21(15-33)17-8-11-34(36)12-9-17)23(35)32-22-7-4-19(14-31-22)25(29,30)18-2-5-20(26)6-3-18/h2-9,11-12,14,16,21H,10,13,15H2,1H3,(H,31,32,35)/t16?,21-/m1/s1. The maximum Gasteiger partial charge on any atom is 0.299 e. The predicted molar refractivity (Wildman–Crippen MR) is 121 cm³/mol. The first-order valence-electron chi connectivity index (χ1n) is 11.2. The monoisotopic (exact) mass is 506 g/mol. The third kappa shape index (κ3) is 5.30. The van der Waals surface area contributed by atoms with Gasteiger partial charge in [-0.3, -0.25) is 9.69 Å². The molecule has 1 saturated heterocycles. The molecule has 2 aromatic heterocycles. The van der Waals surface area contributed by atoms with Crippen LogP contribution in [0.4, 0.5) is 27.8 Å². The van der Waals surface area contributed by atoms with Gasteiger partial charge in [-0.25, -0.2) is 18.2 Å². The van der Waals surface area contributed by atoms with Crippen LogP contribution in [0.3, 0.4) is 0 Å². The Balaban J connectivity index is 1.43. The molecule has 1 aromatic carbocycles. The van der Waals surface area contributed by atoms with Crippen LogP contribution in [0.1, 0.15) is 36.0 Å². The number of halogens is 5. The Morgan fingerprint density at radius 1 is 1.14 bits per heavy atom. The molecule has 0 aliphatic carbocycles. The normalized spacial score (nSPS) is 19.0. The summed E-state index contributed by atoms with van der Waals surface area (Å²) >= 11 is 0. The van der Waals surface area contributed by atoms with Gasteiger partial charge in [0.25, 0.3) is 11.8 Å². The van der Waals surface area contributed by atoms with Crippen LogP contribution in [0.25, 0.3) is 0 Å². The second-order valence-corrected chi connectivity index (χ2v) is 8.73. The first-order valence-corrected chi connectivity index (χ1v) is 11.2. The van der Waals surface area contributed by atoms with E-state index in [1.54, 1.807) is 11.8 Å². The zero-order valence-corrected chi connectivity index (χ0v) is 19.2. The van der Waals surface area contributed by atoms with Gasteiger partial charge in [0.2, 0.25) is 5.91 Å². The topological polar surface area (TPSA) is 72.2 Å². The van der Waals surface area contributed by atoms with Crippen molar-refractivity contribution in [2.45, 2.75) is 37.1 Å². The van der Waals surface area contributed by atoms with E-state index in [1.807, 2.05) is 0 Å². The molecule has 0 saturated carbocycles. The maximum atomic E-state index is 14.7. The summed E-state index contributed by atoms with van der Waals surface area (Å²) in [4.78, 5) is 18.3. The van der Waals surface area contributed by atoms with Crippen LogP contribution >= 0.6 is 0 Å². The molecule has 1 unspecified atom stereocenters. The van der Waals surface area contributed by atoms with Crippen molar-refractivity contribution in [2.24, 2.45) is 0 Å². The fourth-order valence-corrected chi connectivity index (χ4v) is 4.16. The van der Waals surface area contributed by atoms with Crippen LogP contribution in [0.2, 0.25) is 0 Å². The van der Waals surface area contributed by atoms with Gasteiger partial charge < -0.3 is 10.5 Å². The first-order chi connectivity index (χ1) is 17.0. The molecule has 11 heteroatoms. The highest BCUT2D eigenvalue weighted by atomic mass is 19.3. The van der Waals surface area contributed by atoms with Gasteiger partial charge in [0.15, 0.2) is 12.4 Å². The minimum absolute atomic E-state index is 0.0208. The number of rotatable bonds is 6. The first kappa shape index (κ1) is 25.5. The number of likely N-dealkylation sites (tertiary alicyclic amines) is 1. The molecular formula is C25H23F5N4O2. The third-order valence-corrected chi connectivity index (χ3v) is 6.40. The summed E-state index contributed by atoms with van der Waals surface area (Å²) in [6.07, 6.45) is 2.75. The minimum atomic E-state index is -3.42. The quantitative estimate of drug-likeness (QED) is 0.305. The number of hydrogen-bond acceptors (Lipinski definition) is 4. The lowest BCUT2D eigenvalue weighted by molar-refractivity contribution is -0.605. The Kier molecular flexibility index (Phi) is 6.94. The molecule has 0 bridgehead atoms. The van der Waals surface area contributed by atoms with Crippen molar-refractivity contribution in [3.8, 4) is 0 Å². The Bertz CT molecular complexity index is 1200. The van der Waals surface area contributed by atoms with E-state index in [0.717, 1.165) is 48.9 Å². The van der Waals surface area contributed by atoms with E-state index in [4.69, 9.17) is 0 Å². The van der Waals surface area contributed by atoms with Crippen molar-refractivity contribution in [1.29, 1.82) is 0 Å². The highest BCUT2D eigenvalue weighted by Gasteiger charge is 2.46. The highest BCUT2D eigenvalue weighted by molar-refractivity contribution is 5.93. The Morgan fingerprint density at radius 2 is 1.78 bits per heavy atom. The number of benzene rings is 1. The molecule has 3 aromatic rings. The average molecular weight is 506 g/mol. The molecule has 1 aliphatic rings. The number of alkyl halides is 4. The van der Waals surface area contributed by atoms with Crippen LogP contribution in [0, 0.1) is 11.0 Å². The largest absolute Gasteiger partial charge is 0.619 e. The van der Waals surface area contributed by atoms with E-state index >= 15 is 0 Å². The number of anilines is 1. The van der Waals surface area contributed by atoms with E-state index in [1.165, 1.54) is 18.2 Å². The lowest BCUT2D eigenvalue weighted by Crippen LogP contribution is -2.52. The molecular weight excluding hydrogens is 483 g/mol. The number of carbonyl (C=O) groups excluding carboxylic acids is 1.